The molecule has 0 aliphatic heterocycles. The van der Waals surface area contributed by atoms with Crippen LogP contribution in [0.25, 0.3) is 0 Å². The van der Waals surface area contributed by atoms with E-state index in [-0.39, 0.29) is 19.1 Å². The number of hydrogen-bond donors (Lipinski definition) is 3. The van der Waals surface area contributed by atoms with Crippen LogP contribution >= 0.6 is 0 Å². The summed E-state index contributed by atoms with van der Waals surface area (Å²) in [5.74, 6) is -0.797. The Labute approximate surface area is 183 Å². The lowest BCUT2D eigenvalue weighted by atomic mass is 10.1. The van der Waals surface area contributed by atoms with Gasteiger partial charge in [-0.3, -0.25) is 9.59 Å². The molecule has 0 unspecified atom stereocenters. The first-order valence-corrected chi connectivity index (χ1v) is 11.1. The average Bonchev–Trinajstić information content (AvgIpc) is 2.70. The monoisotopic (exact) mass is 425 g/mol. The van der Waals surface area contributed by atoms with Crippen molar-refractivity contribution in [1.29, 1.82) is 0 Å². The number of nitrogens with zero attached hydrogens (tertiary/aromatic N) is 1. The third kappa shape index (κ3) is 26.1. The third-order valence-corrected chi connectivity index (χ3v) is 4.13. The molecule has 1 amide bonds. The van der Waals surface area contributed by atoms with Crippen molar-refractivity contribution < 1.29 is 24.9 Å². The number of rotatable bonds is 17. The van der Waals surface area contributed by atoms with Crippen molar-refractivity contribution in [3.8, 4) is 0 Å². The molecule has 0 rings (SSSR count). The quantitative estimate of drug-likeness (QED) is 0.236. The number of unbranched alkanes of at least 4 members (excludes halogenated alkanes) is 5. The van der Waals surface area contributed by atoms with E-state index in [0.29, 0.717) is 19.5 Å². The van der Waals surface area contributed by atoms with Crippen LogP contribution in [-0.4, -0.2) is 58.4 Å². The molecule has 0 saturated heterocycles. The number of aliphatic hydroxyl groups is 2. The minimum atomic E-state index is -0.833. The molecule has 0 radical (unpaired) electrons. The summed E-state index contributed by atoms with van der Waals surface area (Å²) < 4.78 is 0. The number of carbonyl (C=O) groups excluding carboxylic acids is 1. The van der Waals surface area contributed by atoms with Gasteiger partial charge in [0.15, 0.2) is 0 Å². The molecule has 0 fully saturated rings. The molecule has 0 aromatic heterocycles. The van der Waals surface area contributed by atoms with Crippen molar-refractivity contribution in [3.05, 3.63) is 36.5 Å². The summed E-state index contributed by atoms with van der Waals surface area (Å²) in [6.45, 7) is 3.76. The van der Waals surface area contributed by atoms with Gasteiger partial charge in [-0.05, 0) is 38.5 Å². The summed E-state index contributed by atoms with van der Waals surface area (Å²) in [6.07, 6.45) is 23.6. The highest BCUT2D eigenvalue weighted by Gasteiger charge is 2.11. The fourth-order valence-corrected chi connectivity index (χ4v) is 2.66. The molecule has 0 aromatic carbocycles. The van der Waals surface area contributed by atoms with Crippen LogP contribution < -0.4 is 0 Å². The SMILES string of the molecule is CC(=O)O.CC/C=C/C/C=C/C/C=C/CCCCCCCC(=O)N(CCO)CCO. The minimum Gasteiger partial charge on any atom is -0.481 e. The van der Waals surface area contributed by atoms with Gasteiger partial charge in [0.2, 0.25) is 5.91 Å². The highest BCUT2D eigenvalue weighted by molar-refractivity contribution is 5.76. The highest BCUT2D eigenvalue weighted by atomic mass is 16.4. The van der Waals surface area contributed by atoms with Crippen molar-refractivity contribution in [1.82, 2.24) is 4.90 Å². The van der Waals surface area contributed by atoms with Crippen LogP contribution in [0.5, 0.6) is 0 Å². The van der Waals surface area contributed by atoms with E-state index in [4.69, 9.17) is 20.1 Å². The second-order valence-corrected chi connectivity index (χ2v) is 6.95. The fourth-order valence-electron chi connectivity index (χ4n) is 2.66. The number of hydrogen-bond acceptors (Lipinski definition) is 4. The number of aliphatic hydroxyl groups excluding tert-OH is 2. The topological polar surface area (TPSA) is 98.1 Å². The van der Waals surface area contributed by atoms with Gasteiger partial charge in [-0.2, -0.15) is 0 Å². The Morgan fingerprint density at radius 2 is 1.23 bits per heavy atom. The first-order chi connectivity index (χ1) is 14.5. The molecule has 0 atom stereocenters. The van der Waals surface area contributed by atoms with Gasteiger partial charge in [-0.25, -0.2) is 0 Å². The van der Waals surface area contributed by atoms with Gasteiger partial charge < -0.3 is 20.2 Å². The Bertz CT molecular complexity index is 476. The normalized spacial score (nSPS) is 11.2. The van der Waals surface area contributed by atoms with Crippen LogP contribution in [0.1, 0.15) is 78.1 Å². The molecule has 0 heterocycles. The molecule has 30 heavy (non-hydrogen) atoms. The van der Waals surface area contributed by atoms with Crippen LogP contribution in [0.15, 0.2) is 36.5 Å². The number of carboxylic acids is 1. The van der Waals surface area contributed by atoms with Crippen molar-refractivity contribution in [2.45, 2.75) is 78.1 Å². The number of carboxylic acid groups (broad SMARTS) is 1. The zero-order valence-electron chi connectivity index (χ0n) is 19.0. The highest BCUT2D eigenvalue weighted by Crippen LogP contribution is 2.09. The van der Waals surface area contributed by atoms with E-state index >= 15 is 0 Å². The van der Waals surface area contributed by atoms with Gasteiger partial charge in [0.05, 0.1) is 13.2 Å². The van der Waals surface area contributed by atoms with Crippen molar-refractivity contribution >= 4 is 11.9 Å². The first kappa shape index (κ1) is 30.3. The number of amides is 1. The minimum absolute atomic E-state index is 0.0364. The van der Waals surface area contributed by atoms with Crippen LogP contribution in [0.2, 0.25) is 0 Å². The van der Waals surface area contributed by atoms with E-state index in [1.54, 1.807) is 4.90 Å². The van der Waals surface area contributed by atoms with Crippen LogP contribution in [0, 0.1) is 0 Å². The Hall–Kier alpha value is -1.92. The molecule has 0 aliphatic rings. The number of carbonyl (C=O) groups is 2. The lowest BCUT2D eigenvalue weighted by Crippen LogP contribution is -2.35. The fraction of sp³-hybridized carbons (Fsp3) is 0.667. The lowest BCUT2D eigenvalue weighted by molar-refractivity contribution is -0.134. The molecule has 0 bridgehead atoms. The molecular formula is C24H43NO5. The molecule has 6 heteroatoms. The van der Waals surface area contributed by atoms with Crippen molar-refractivity contribution in [2.75, 3.05) is 26.3 Å². The maximum absolute atomic E-state index is 11.9. The van der Waals surface area contributed by atoms with Gasteiger partial charge in [-0.15, -0.1) is 0 Å². The molecular weight excluding hydrogens is 382 g/mol. The Balaban J connectivity index is 0. The van der Waals surface area contributed by atoms with Crippen LogP contribution in [0.3, 0.4) is 0 Å². The van der Waals surface area contributed by atoms with Crippen LogP contribution in [0.4, 0.5) is 0 Å². The Morgan fingerprint density at radius 1 is 0.767 bits per heavy atom. The molecule has 6 nitrogen and oxygen atoms in total. The second-order valence-electron chi connectivity index (χ2n) is 6.95. The average molecular weight is 426 g/mol. The summed E-state index contributed by atoms with van der Waals surface area (Å²) in [5.41, 5.74) is 0. The van der Waals surface area contributed by atoms with E-state index in [1.807, 2.05) is 0 Å². The summed E-state index contributed by atoms with van der Waals surface area (Å²) >= 11 is 0. The Kier molecular flexibility index (Phi) is 25.3. The van der Waals surface area contributed by atoms with E-state index in [9.17, 15) is 4.79 Å². The smallest absolute Gasteiger partial charge is 0.300 e. The van der Waals surface area contributed by atoms with E-state index in [1.165, 1.54) is 12.8 Å². The molecule has 0 aromatic rings. The van der Waals surface area contributed by atoms with E-state index < -0.39 is 5.97 Å². The maximum atomic E-state index is 11.9. The van der Waals surface area contributed by atoms with Gasteiger partial charge in [0.25, 0.3) is 5.97 Å². The molecule has 174 valence electrons. The molecule has 0 saturated carbocycles. The van der Waals surface area contributed by atoms with E-state index in [2.05, 4.69) is 43.4 Å². The third-order valence-electron chi connectivity index (χ3n) is 4.13. The zero-order valence-corrected chi connectivity index (χ0v) is 19.0. The van der Waals surface area contributed by atoms with Gasteiger partial charge in [0, 0.05) is 26.4 Å². The van der Waals surface area contributed by atoms with E-state index in [0.717, 1.165) is 51.9 Å². The van der Waals surface area contributed by atoms with Gasteiger partial charge >= 0.3 is 0 Å². The zero-order chi connectivity index (χ0) is 22.9. The summed E-state index contributed by atoms with van der Waals surface area (Å²) in [7, 11) is 0. The lowest BCUT2D eigenvalue weighted by Gasteiger charge is -2.20. The summed E-state index contributed by atoms with van der Waals surface area (Å²) in [5, 5.41) is 25.3. The van der Waals surface area contributed by atoms with Crippen molar-refractivity contribution in [3.63, 3.8) is 0 Å². The predicted molar refractivity (Wildman–Crippen MR) is 123 cm³/mol. The maximum Gasteiger partial charge on any atom is 0.300 e. The summed E-state index contributed by atoms with van der Waals surface area (Å²) in [4.78, 5) is 22.5. The first-order valence-electron chi connectivity index (χ1n) is 11.1. The van der Waals surface area contributed by atoms with Crippen molar-refractivity contribution in [2.24, 2.45) is 0 Å². The predicted octanol–water partition coefficient (Wildman–Crippen LogP) is 4.48. The Morgan fingerprint density at radius 3 is 1.77 bits per heavy atom. The largest absolute Gasteiger partial charge is 0.481 e. The van der Waals surface area contributed by atoms with Gasteiger partial charge in [-0.1, -0.05) is 62.6 Å². The number of aliphatic carboxylic acids is 1. The van der Waals surface area contributed by atoms with Gasteiger partial charge in [0.1, 0.15) is 0 Å². The summed E-state index contributed by atoms with van der Waals surface area (Å²) in [6, 6.07) is 0. The standard InChI is InChI=1S/C22H39NO3.C2H4O2/c1-2-3-4-5-6-7-8-9-10-11-12-13-14-15-16-17-22(26)23(18-20-24)19-21-25;1-2(3)4/h3-4,6-7,9-10,24-25H,2,5,8,11-21H2,1H3;1H3,(H,3,4)/b4-3+,7-6+,10-9+;. The second kappa shape index (κ2) is 25.1. The molecule has 0 aliphatic carbocycles. The molecule has 0 spiro atoms. The number of allylic oxidation sites excluding steroid dienone is 6. The van der Waals surface area contributed by atoms with Crippen LogP contribution in [-0.2, 0) is 9.59 Å². The molecule has 3 N–H and O–H groups in total.